The fraction of sp³-hybridized carbons (Fsp3) is 0.350. The van der Waals surface area contributed by atoms with Gasteiger partial charge in [0.25, 0.3) is 0 Å². The van der Waals surface area contributed by atoms with Gasteiger partial charge in [-0.25, -0.2) is 19.6 Å². The molecule has 1 aliphatic heterocycles. The van der Waals surface area contributed by atoms with Gasteiger partial charge in [-0.3, -0.25) is 4.79 Å². The SMILES string of the molecule is COc1ccc(NC(=O)C2CCCN(c3cc(-n4cncn4)ncn3)C2)cc1OC. The van der Waals surface area contributed by atoms with Crippen LogP contribution >= 0.6 is 0 Å². The van der Waals surface area contributed by atoms with Gasteiger partial charge in [-0.1, -0.05) is 0 Å². The molecule has 1 N–H and O–H groups in total. The number of rotatable bonds is 6. The molecular weight excluding hydrogens is 386 g/mol. The molecule has 0 bridgehead atoms. The highest BCUT2D eigenvalue weighted by Crippen LogP contribution is 2.30. The lowest BCUT2D eigenvalue weighted by molar-refractivity contribution is -0.120. The highest BCUT2D eigenvalue weighted by molar-refractivity contribution is 5.93. The van der Waals surface area contributed by atoms with Crippen molar-refractivity contribution < 1.29 is 14.3 Å². The molecule has 2 aromatic heterocycles. The lowest BCUT2D eigenvalue weighted by atomic mass is 9.97. The lowest BCUT2D eigenvalue weighted by Crippen LogP contribution is -2.41. The van der Waals surface area contributed by atoms with Gasteiger partial charge in [-0.15, -0.1) is 0 Å². The highest BCUT2D eigenvalue weighted by atomic mass is 16.5. The summed E-state index contributed by atoms with van der Waals surface area (Å²) in [4.78, 5) is 27.6. The van der Waals surface area contributed by atoms with Crippen molar-refractivity contribution in [2.45, 2.75) is 12.8 Å². The van der Waals surface area contributed by atoms with Crippen LogP contribution in [-0.2, 0) is 4.79 Å². The van der Waals surface area contributed by atoms with E-state index >= 15 is 0 Å². The van der Waals surface area contributed by atoms with E-state index in [1.54, 1.807) is 43.4 Å². The normalized spacial score (nSPS) is 16.2. The van der Waals surface area contributed by atoms with Crippen LogP contribution in [0.15, 0.2) is 43.2 Å². The Morgan fingerprint density at radius 2 is 1.93 bits per heavy atom. The van der Waals surface area contributed by atoms with Crippen molar-refractivity contribution in [3.8, 4) is 17.3 Å². The summed E-state index contributed by atoms with van der Waals surface area (Å²) in [6, 6.07) is 7.18. The second kappa shape index (κ2) is 8.76. The van der Waals surface area contributed by atoms with Crippen molar-refractivity contribution in [1.29, 1.82) is 0 Å². The predicted molar refractivity (Wildman–Crippen MR) is 110 cm³/mol. The maximum atomic E-state index is 12.9. The average molecular weight is 409 g/mol. The number of hydrogen-bond acceptors (Lipinski definition) is 8. The van der Waals surface area contributed by atoms with Crippen molar-refractivity contribution in [3.05, 3.63) is 43.2 Å². The predicted octanol–water partition coefficient (Wildman–Crippen LogP) is 1.93. The minimum atomic E-state index is -0.156. The molecule has 1 unspecified atom stereocenters. The Kier molecular flexibility index (Phi) is 5.73. The van der Waals surface area contributed by atoms with E-state index in [2.05, 4.69) is 30.3 Å². The molecular formula is C20H23N7O3. The van der Waals surface area contributed by atoms with Gasteiger partial charge in [-0.2, -0.15) is 5.10 Å². The van der Waals surface area contributed by atoms with E-state index in [0.29, 0.717) is 29.5 Å². The Hall–Kier alpha value is -3.69. The van der Waals surface area contributed by atoms with Gasteiger partial charge < -0.3 is 19.7 Å². The van der Waals surface area contributed by atoms with E-state index in [1.165, 1.54) is 12.7 Å². The van der Waals surface area contributed by atoms with Crippen LogP contribution in [0, 0.1) is 5.92 Å². The van der Waals surface area contributed by atoms with Gasteiger partial charge in [0.2, 0.25) is 5.91 Å². The molecule has 1 saturated heterocycles. The van der Waals surface area contributed by atoms with Crippen LogP contribution < -0.4 is 19.7 Å². The van der Waals surface area contributed by atoms with Crippen LogP contribution in [0.25, 0.3) is 5.82 Å². The molecule has 3 heterocycles. The third kappa shape index (κ3) is 4.17. The smallest absolute Gasteiger partial charge is 0.229 e. The van der Waals surface area contributed by atoms with Gasteiger partial charge in [0.15, 0.2) is 17.3 Å². The molecule has 0 spiro atoms. The Morgan fingerprint density at radius 1 is 1.10 bits per heavy atom. The van der Waals surface area contributed by atoms with Crippen molar-refractivity contribution in [2.24, 2.45) is 5.92 Å². The van der Waals surface area contributed by atoms with Crippen LogP contribution in [0.1, 0.15) is 12.8 Å². The van der Waals surface area contributed by atoms with Crippen molar-refractivity contribution in [2.75, 3.05) is 37.5 Å². The molecule has 1 aliphatic rings. The molecule has 0 radical (unpaired) electrons. The molecule has 156 valence electrons. The molecule has 0 saturated carbocycles. The standard InChI is InChI=1S/C20H23N7O3/c1-29-16-6-5-15(8-17(16)30-2)25-20(28)14-4-3-7-26(10-14)18-9-19(23-12-22-18)27-13-21-11-24-27/h5-6,8-9,11-14H,3-4,7,10H2,1-2H3,(H,25,28). The van der Waals surface area contributed by atoms with Crippen LogP contribution in [-0.4, -0.2) is 57.9 Å². The number of aromatic nitrogens is 5. The Morgan fingerprint density at radius 3 is 2.70 bits per heavy atom. The van der Waals surface area contributed by atoms with Crippen molar-refractivity contribution in [1.82, 2.24) is 24.7 Å². The number of benzene rings is 1. The number of nitrogens with one attached hydrogen (secondary N) is 1. The zero-order valence-corrected chi connectivity index (χ0v) is 16.9. The maximum Gasteiger partial charge on any atom is 0.229 e. The van der Waals surface area contributed by atoms with Gasteiger partial charge in [-0.05, 0) is 25.0 Å². The molecule has 10 heteroatoms. The van der Waals surface area contributed by atoms with Gasteiger partial charge in [0.1, 0.15) is 24.8 Å². The number of piperidine rings is 1. The summed E-state index contributed by atoms with van der Waals surface area (Å²) in [5, 5.41) is 7.09. The second-order valence-electron chi connectivity index (χ2n) is 6.92. The molecule has 30 heavy (non-hydrogen) atoms. The number of methoxy groups -OCH3 is 2. The third-order valence-electron chi connectivity index (χ3n) is 5.06. The highest BCUT2D eigenvalue weighted by Gasteiger charge is 2.27. The van der Waals surface area contributed by atoms with Gasteiger partial charge in [0.05, 0.1) is 20.1 Å². The molecule has 0 aliphatic carbocycles. The number of carbonyl (C=O) groups excluding carboxylic acids is 1. The van der Waals surface area contributed by atoms with Gasteiger partial charge in [0, 0.05) is 30.9 Å². The molecule has 1 amide bonds. The lowest BCUT2D eigenvalue weighted by Gasteiger charge is -2.32. The van der Waals surface area contributed by atoms with Crippen LogP contribution in [0.3, 0.4) is 0 Å². The summed E-state index contributed by atoms with van der Waals surface area (Å²) >= 11 is 0. The number of anilines is 2. The van der Waals surface area contributed by atoms with E-state index in [0.717, 1.165) is 25.2 Å². The quantitative estimate of drug-likeness (QED) is 0.658. The Balaban J connectivity index is 1.45. The number of amides is 1. The first-order valence-corrected chi connectivity index (χ1v) is 9.63. The first-order valence-electron chi connectivity index (χ1n) is 9.63. The van der Waals surface area contributed by atoms with E-state index in [9.17, 15) is 4.79 Å². The first-order chi connectivity index (χ1) is 14.7. The van der Waals surface area contributed by atoms with E-state index in [4.69, 9.17) is 9.47 Å². The minimum absolute atomic E-state index is 0.0301. The number of hydrogen-bond donors (Lipinski definition) is 1. The van der Waals surface area contributed by atoms with E-state index in [1.807, 2.05) is 6.07 Å². The molecule has 3 aromatic rings. The molecule has 1 aromatic carbocycles. The Bertz CT molecular complexity index is 1010. The van der Waals surface area contributed by atoms with Crippen LogP contribution in [0.4, 0.5) is 11.5 Å². The number of nitrogens with zero attached hydrogens (tertiary/aromatic N) is 6. The molecule has 4 rings (SSSR count). The van der Waals surface area contributed by atoms with Crippen LogP contribution in [0.5, 0.6) is 11.5 Å². The Labute approximate surface area is 173 Å². The number of carbonyl (C=O) groups is 1. The van der Waals surface area contributed by atoms with E-state index < -0.39 is 0 Å². The van der Waals surface area contributed by atoms with E-state index in [-0.39, 0.29) is 11.8 Å². The topological polar surface area (TPSA) is 107 Å². The van der Waals surface area contributed by atoms with Crippen LogP contribution in [0.2, 0.25) is 0 Å². The summed E-state index contributed by atoms with van der Waals surface area (Å²) in [7, 11) is 3.14. The van der Waals surface area contributed by atoms with Crippen molar-refractivity contribution in [3.63, 3.8) is 0 Å². The van der Waals surface area contributed by atoms with Crippen molar-refractivity contribution >= 4 is 17.4 Å². The molecule has 1 atom stereocenters. The largest absolute Gasteiger partial charge is 0.493 e. The first kappa shape index (κ1) is 19.6. The zero-order valence-electron chi connectivity index (χ0n) is 16.9. The summed E-state index contributed by atoms with van der Waals surface area (Å²) in [6.45, 7) is 1.40. The zero-order chi connectivity index (χ0) is 20.9. The monoisotopic (exact) mass is 409 g/mol. The maximum absolute atomic E-state index is 12.9. The summed E-state index contributed by atoms with van der Waals surface area (Å²) in [5.41, 5.74) is 0.672. The minimum Gasteiger partial charge on any atom is -0.493 e. The average Bonchev–Trinajstić information content (AvgIpc) is 3.34. The summed E-state index contributed by atoms with van der Waals surface area (Å²) < 4.78 is 12.1. The summed E-state index contributed by atoms with van der Waals surface area (Å²) in [5.74, 6) is 2.40. The fourth-order valence-electron chi connectivity index (χ4n) is 3.52. The summed E-state index contributed by atoms with van der Waals surface area (Å²) in [6.07, 6.45) is 6.25. The molecule has 1 fully saturated rings. The van der Waals surface area contributed by atoms with Gasteiger partial charge >= 0.3 is 0 Å². The fourth-order valence-corrected chi connectivity index (χ4v) is 3.52. The molecule has 10 nitrogen and oxygen atoms in total. The number of ether oxygens (including phenoxy) is 2. The second-order valence-corrected chi connectivity index (χ2v) is 6.92. The third-order valence-corrected chi connectivity index (χ3v) is 5.06.